The van der Waals surface area contributed by atoms with Crippen LogP contribution in [0.3, 0.4) is 0 Å². The van der Waals surface area contributed by atoms with Crippen molar-refractivity contribution in [3.05, 3.63) is 11.6 Å². The molecule has 5 rings (SSSR count). The van der Waals surface area contributed by atoms with E-state index in [0.717, 1.165) is 19.3 Å². The van der Waals surface area contributed by atoms with Crippen molar-refractivity contribution in [3.63, 3.8) is 0 Å². The van der Waals surface area contributed by atoms with Gasteiger partial charge < -0.3 is 19.7 Å². The summed E-state index contributed by atoms with van der Waals surface area (Å²) >= 11 is 0. The summed E-state index contributed by atoms with van der Waals surface area (Å²) in [5.41, 5.74) is 0.403. The quantitative estimate of drug-likeness (QED) is 0.590. The number of ether oxygens (including phenoxy) is 2. The predicted molar refractivity (Wildman–Crippen MR) is 126 cm³/mol. The highest BCUT2D eigenvalue weighted by atomic mass is 16.6. The summed E-state index contributed by atoms with van der Waals surface area (Å²) in [7, 11) is 0. The second-order valence-electron chi connectivity index (χ2n) is 13.2. The van der Waals surface area contributed by atoms with E-state index in [-0.39, 0.29) is 29.0 Å². The van der Waals surface area contributed by atoms with E-state index >= 15 is 0 Å². The van der Waals surface area contributed by atoms with Gasteiger partial charge in [0.05, 0.1) is 11.7 Å². The molecule has 0 radical (unpaired) electrons. The van der Waals surface area contributed by atoms with Gasteiger partial charge in [0, 0.05) is 18.1 Å². The van der Waals surface area contributed by atoms with E-state index in [1.54, 1.807) is 0 Å². The maximum absolute atomic E-state index is 12.9. The second kappa shape index (κ2) is 7.88. The Hall–Kier alpha value is -1.24. The van der Waals surface area contributed by atoms with Crippen molar-refractivity contribution in [2.24, 2.45) is 34.0 Å². The molecule has 6 heteroatoms. The number of carbonyl (C=O) groups is 2. The minimum Gasteiger partial charge on any atom is -0.429 e. The number of hydrogen-bond donors (Lipinski definition) is 2. The number of hydrogen-bond acceptors (Lipinski definition) is 6. The van der Waals surface area contributed by atoms with Crippen molar-refractivity contribution in [2.45, 2.75) is 117 Å². The average Bonchev–Trinajstić information content (AvgIpc) is 3.27. The Morgan fingerprint density at radius 3 is 2.38 bits per heavy atom. The average molecular weight is 475 g/mol. The first-order valence-corrected chi connectivity index (χ1v) is 13.3. The highest BCUT2D eigenvalue weighted by molar-refractivity contribution is 5.86. The Morgan fingerprint density at radius 1 is 1.06 bits per heavy atom. The van der Waals surface area contributed by atoms with Crippen LogP contribution in [0.4, 0.5) is 0 Å². The molecular weight excluding hydrogens is 432 g/mol. The van der Waals surface area contributed by atoms with Crippen molar-refractivity contribution >= 4 is 11.8 Å². The molecule has 2 heterocycles. The zero-order chi connectivity index (χ0) is 24.7. The first-order chi connectivity index (χ1) is 15.8. The molecule has 3 aliphatic carbocycles. The SMILES string of the molecule is CC(O)C(=O)C[C@]12CC[C@H]3[C@@](C)(CC[C@H]4C(C)(C)CCC[C@]34C)[C@@H]1C[C@@H](C1=CC(=O)OC1O)O2. The minimum absolute atomic E-state index is 0.000370. The number of ketones is 1. The first-order valence-electron chi connectivity index (χ1n) is 13.3. The molecule has 9 atom stereocenters. The third kappa shape index (κ3) is 3.46. The van der Waals surface area contributed by atoms with Crippen LogP contribution in [-0.2, 0) is 19.1 Å². The van der Waals surface area contributed by atoms with Crippen molar-refractivity contribution in [2.75, 3.05) is 0 Å². The lowest BCUT2D eigenvalue weighted by Gasteiger charge is -2.67. The molecule has 0 spiro atoms. The fourth-order valence-corrected chi connectivity index (χ4v) is 9.67. The van der Waals surface area contributed by atoms with Gasteiger partial charge in [0.15, 0.2) is 5.78 Å². The van der Waals surface area contributed by atoms with E-state index in [2.05, 4.69) is 27.7 Å². The fourth-order valence-electron chi connectivity index (χ4n) is 9.67. The van der Waals surface area contributed by atoms with E-state index in [4.69, 9.17) is 9.47 Å². The lowest BCUT2D eigenvalue weighted by molar-refractivity contribution is -0.206. The summed E-state index contributed by atoms with van der Waals surface area (Å²) in [6.45, 7) is 11.4. The Kier molecular flexibility index (Phi) is 5.67. The molecule has 3 saturated carbocycles. The highest BCUT2D eigenvalue weighted by Crippen LogP contribution is 2.72. The monoisotopic (exact) mass is 474 g/mol. The summed E-state index contributed by atoms with van der Waals surface area (Å²) in [6.07, 6.45) is 7.32. The van der Waals surface area contributed by atoms with Crippen molar-refractivity contribution in [1.29, 1.82) is 0 Å². The van der Waals surface area contributed by atoms with E-state index in [1.807, 2.05) is 0 Å². The molecule has 0 bridgehead atoms. The molecule has 2 aliphatic heterocycles. The van der Waals surface area contributed by atoms with Crippen molar-refractivity contribution < 1.29 is 29.3 Å². The number of aliphatic hydroxyl groups is 2. The first kappa shape index (κ1) is 24.5. The van der Waals surface area contributed by atoms with Crippen molar-refractivity contribution in [1.82, 2.24) is 0 Å². The van der Waals surface area contributed by atoms with Crippen LogP contribution in [0.5, 0.6) is 0 Å². The van der Waals surface area contributed by atoms with Gasteiger partial charge in [0.1, 0.15) is 6.10 Å². The Morgan fingerprint density at radius 2 is 1.74 bits per heavy atom. The largest absolute Gasteiger partial charge is 0.429 e. The van der Waals surface area contributed by atoms with Gasteiger partial charge in [-0.25, -0.2) is 4.79 Å². The van der Waals surface area contributed by atoms with Gasteiger partial charge in [-0.05, 0) is 85.9 Å². The maximum Gasteiger partial charge on any atom is 0.333 e. The number of aliphatic hydroxyl groups excluding tert-OH is 2. The summed E-state index contributed by atoms with van der Waals surface area (Å²) in [5, 5.41) is 20.4. The fraction of sp³-hybridized carbons (Fsp3) is 0.857. The number of rotatable bonds is 4. The van der Waals surface area contributed by atoms with Gasteiger partial charge in [0.25, 0.3) is 0 Å². The molecule has 4 fully saturated rings. The zero-order valence-corrected chi connectivity index (χ0v) is 21.4. The molecule has 5 aliphatic rings. The Bertz CT molecular complexity index is 907. The second-order valence-corrected chi connectivity index (χ2v) is 13.2. The van der Waals surface area contributed by atoms with Crippen LogP contribution >= 0.6 is 0 Å². The van der Waals surface area contributed by atoms with Crippen LogP contribution < -0.4 is 0 Å². The number of Topliss-reactive ketones (excluding diaryl/α,β-unsaturated/α-hetero) is 1. The number of carbonyl (C=O) groups excluding carboxylic acids is 2. The third-order valence-corrected chi connectivity index (χ3v) is 11.1. The van der Waals surface area contributed by atoms with Crippen LogP contribution in [0.2, 0.25) is 0 Å². The van der Waals surface area contributed by atoms with Crippen LogP contribution in [0, 0.1) is 34.0 Å². The Labute approximate surface area is 203 Å². The molecule has 1 saturated heterocycles. The molecule has 2 unspecified atom stereocenters. The standard InChI is InChI=1S/C28H42O6/c1-16(29)18(30)15-28-12-8-21-26(4)10-6-9-25(2,3)20(26)7-11-27(21,5)22(28)14-19(34-28)17-13-23(31)33-24(17)32/h13,16,19-22,24,29,32H,6-12,14-15H2,1-5H3/t16?,19-,20-,21+,22-,24?,26-,27+,28+/m0/s1. The van der Waals surface area contributed by atoms with Gasteiger partial charge in [-0.2, -0.15) is 0 Å². The van der Waals surface area contributed by atoms with Gasteiger partial charge >= 0.3 is 5.97 Å². The van der Waals surface area contributed by atoms with Gasteiger partial charge in [0.2, 0.25) is 6.29 Å². The smallest absolute Gasteiger partial charge is 0.333 e. The summed E-state index contributed by atoms with van der Waals surface area (Å²) in [5.74, 6) is 0.622. The topological polar surface area (TPSA) is 93.1 Å². The summed E-state index contributed by atoms with van der Waals surface area (Å²) in [4.78, 5) is 24.7. The van der Waals surface area contributed by atoms with Gasteiger partial charge in [-0.1, -0.05) is 34.1 Å². The van der Waals surface area contributed by atoms with Gasteiger partial charge in [-0.3, -0.25) is 4.79 Å². The lowest BCUT2D eigenvalue weighted by atomic mass is 9.38. The molecule has 0 aromatic rings. The zero-order valence-electron chi connectivity index (χ0n) is 21.4. The van der Waals surface area contributed by atoms with Crippen LogP contribution in [0.1, 0.15) is 92.4 Å². The van der Waals surface area contributed by atoms with Crippen LogP contribution in [-0.4, -0.2) is 46.1 Å². The molecule has 0 amide bonds. The molecule has 6 nitrogen and oxygen atoms in total. The molecule has 0 aromatic carbocycles. The normalized spacial score (nSPS) is 48.3. The van der Waals surface area contributed by atoms with Crippen LogP contribution in [0.25, 0.3) is 0 Å². The van der Waals surface area contributed by atoms with Gasteiger partial charge in [-0.15, -0.1) is 0 Å². The summed E-state index contributed by atoms with van der Waals surface area (Å²) < 4.78 is 11.7. The molecule has 34 heavy (non-hydrogen) atoms. The molecule has 0 aromatic heterocycles. The highest BCUT2D eigenvalue weighted by Gasteiger charge is 2.68. The number of esters is 1. The molecule has 190 valence electrons. The minimum atomic E-state index is -1.28. The van der Waals surface area contributed by atoms with Crippen molar-refractivity contribution in [3.8, 4) is 0 Å². The summed E-state index contributed by atoms with van der Waals surface area (Å²) in [6, 6.07) is 0. The van der Waals surface area contributed by atoms with Crippen LogP contribution in [0.15, 0.2) is 11.6 Å². The third-order valence-electron chi connectivity index (χ3n) is 11.1. The number of fused-ring (bicyclic) bond motifs is 5. The number of cyclic esters (lactones) is 1. The molecule has 2 N–H and O–H groups in total. The van der Waals surface area contributed by atoms with E-state index < -0.39 is 30.1 Å². The van der Waals surface area contributed by atoms with E-state index in [0.29, 0.717) is 29.2 Å². The predicted octanol–water partition coefficient (Wildman–Crippen LogP) is 4.31. The van der Waals surface area contributed by atoms with E-state index in [9.17, 15) is 19.8 Å². The maximum atomic E-state index is 12.9. The lowest BCUT2D eigenvalue weighted by Crippen LogP contribution is -2.62. The Balaban J connectivity index is 1.53. The van der Waals surface area contributed by atoms with E-state index in [1.165, 1.54) is 38.7 Å². The molecular formula is C28H42O6.